The van der Waals surface area contributed by atoms with Crippen LogP contribution >= 0.6 is 0 Å². The van der Waals surface area contributed by atoms with Gasteiger partial charge in [0.05, 0.1) is 6.61 Å². The summed E-state index contributed by atoms with van der Waals surface area (Å²) >= 11 is 0. The van der Waals surface area contributed by atoms with Crippen LogP contribution in [0.3, 0.4) is 0 Å². The third-order valence-electron chi connectivity index (χ3n) is 1.69. The molecule has 1 aromatic rings. The van der Waals surface area contributed by atoms with E-state index in [1.165, 1.54) is 12.1 Å². The van der Waals surface area contributed by atoms with Gasteiger partial charge in [-0.2, -0.15) is 0 Å². The molecule has 1 aliphatic heterocycles. The second kappa shape index (κ2) is 2.51. The lowest BCUT2D eigenvalue weighted by Gasteiger charge is -2.17. The van der Waals surface area contributed by atoms with Crippen LogP contribution in [0, 0.1) is 5.82 Å². The van der Waals surface area contributed by atoms with Crippen molar-refractivity contribution in [1.29, 1.82) is 0 Å². The van der Waals surface area contributed by atoms with Crippen LogP contribution < -0.4 is 5.32 Å². The highest BCUT2D eigenvalue weighted by atomic mass is 19.1. The fourth-order valence-corrected chi connectivity index (χ4v) is 1.14. The molecule has 11 heavy (non-hydrogen) atoms. The minimum atomic E-state index is -0.212. The van der Waals surface area contributed by atoms with Crippen molar-refractivity contribution >= 4 is 5.69 Å². The molecular weight excluding hydrogens is 145 g/mol. The van der Waals surface area contributed by atoms with Gasteiger partial charge in [-0.25, -0.2) is 4.39 Å². The predicted molar refractivity (Wildman–Crippen MR) is 39.7 cm³/mol. The quantitative estimate of drug-likeness (QED) is 0.612. The molecule has 0 spiro atoms. The van der Waals surface area contributed by atoms with Gasteiger partial charge in [-0.1, -0.05) is 0 Å². The average Bonchev–Trinajstić information content (AvgIpc) is 2.04. The summed E-state index contributed by atoms with van der Waals surface area (Å²) in [5.74, 6) is -0.212. The van der Waals surface area contributed by atoms with Gasteiger partial charge in [0.2, 0.25) is 0 Å². The summed E-state index contributed by atoms with van der Waals surface area (Å²) in [6.45, 7) is 1.01. The first-order chi connectivity index (χ1) is 5.36. The van der Waals surface area contributed by atoms with Crippen molar-refractivity contribution in [2.75, 3.05) is 12.0 Å². The molecule has 0 amide bonds. The van der Waals surface area contributed by atoms with E-state index < -0.39 is 0 Å². The van der Waals surface area contributed by atoms with Crippen molar-refractivity contribution in [3.8, 4) is 0 Å². The fraction of sp³-hybridized carbons (Fsp3) is 0.250. The smallest absolute Gasteiger partial charge is 0.123 e. The first-order valence-corrected chi connectivity index (χ1v) is 3.46. The van der Waals surface area contributed by atoms with E-state index >= 15 is 0 Å². The van der Waals surface area contributed by atoms with Crippen LogP contribution in [-0.4, -0.2) is 6.73 Å². The van der Waals surface area contributed by atoms with Gasteiger partial charge in [-0.3, -0.25) is 0 Å². The average molecular weight is 153 g/mol. The summed E-state index contributed by atoms with van der Waals surface area (Å²) in [6.07, 6.45) is 0. The Labute approximate surface area is 64.0 Å². The molecule has 1 aliphatic rings. The first kappa shape index (κ1) is 6.61. The van der Waals surface area contributed by atoms with E-state index in [4.69, 9.17) is 4.74 Å². The topological polar surface area (TPSA) is 21.3 Å². The summed E-state index contributed by atoms with van der Waals surface area (Å²) in [5, 5.41) is 3.00. The Morgan fingerprint density at radius 3 is 3.27 bits per heavy atom. The van der Waals surface area contributed by atoms with E-state index in [0.717, 1.165) is 11.3 Å². The van der Waals surface area contributed by atoms with Crippen molar-refractivity contribution < 1.29 is 9.13 Å². The molecule has 0 radical (unpaired) electrons. The molecule has 0 atom stereocenters. The highest BCUT2D eigenvalue weighted by Crippen LogP contribution is 2.20. The number of benzene rings is 1. The number of anilines is 1. The highest BCUT2D eigenvalue weighted by molar-refractivity contribution is 5.51. The van der Waals surface area contributed by atoms with Crippen LogP contribution in [0.25, 0.3) is 0 Å². The Bertz CT molecular complexity index is 275. The zero-order valence-corrected chi connectivity index (χ0v) is 5.93. The van der Waals surface area contributed by atoms with E-state index in [1.807, 2.05) is 0 Å². The summed E-state index contributed by atoms with van der Waals surface area (Å²) in [6, 6.07) is 4.66. The van der Waals surface area contributed by atoms with Crippen molar-refractivity contribution in [3.63, 3.8) is 0 Å². The van der Waals surface area contributed by atoms with E-state index in [0.29, 0.717) is 13.3 Å². The van der Waals surface area contributed by atoms with Crippen molar-refractivity contribution in [2.45, 2.75) is 6.61 Å². The molecule has 1 heterocycles. The zero-order valence-electron chi connectivity index (χ0n) is 5.93. The zero-order chi connectivity index (χ0) is 7.68. The van der Waals surface area contributed by atoms with Gasteiger partial charge >= 0.3 is 0 Å². The van der Waals surface area contributed by atoms with Gasteiger partial charge in [-0.05, 0) is 18.2 Å². The van der Waals surface area contributed by atoms with Crippen molar-refractivity contribution in [1.82, 2.24) is 0 Å². The summed E-state index contributed by atoms with van der Waals surface area (Å²) < 4.78 is 17.7. The van der Waals surface area contributed by atoms with Gasteiger partial charge in [0.1, 0.15) is 12.5 Å². The second-order valence-corrected chi connectivity index (χ2v) is 2.47. The molecule has 0 saturated heterocycles. The van der Waals surface area contributed by atoms with Crippen LogP contribution in [0.15, 0.2) is 18.2 Å². The molecule has 0 aliphatic carbocycles. The minimum Gasteiger partial charge on any atom is -0.362 e. The molecule has 0 fully saturated rings. The van der Waals surface area contributed by atoms with Gasteiger partial charge in [0, 0.05) is 11.3 Å². The Kier molecular flexibility index (Phi) is 1.51. The SMILES string of the molecule is Fc1ccc2c(c1)COCN2. The molecule has 1 N–H and O–H groups in total. The molecule has 0 bridgehead atoms. The number of rotatable bonds is 0. The van der Waals surface area contributed by atoms with Crippen molar-refractivity contribution in [2.24, 2.45) is 0 Å². The molecule has 2 nitrogen and oxygen atoms in total. The molecule has 2 rings (SSSR count). The van der Waals surface area contributed by atoms with Gasteiger partial charge in [-0.15, -0.1) is 0 Å². The Hall–Kier alpha value is -1.09. The van der Waals surface area contributed by atoms with Crippen LogP contribution in [0.5, 0.6) is 0 Å². The molecule has 0 saturated carbocycles. The van der Waals surface area contributed by atoms with E-state index in [9.17, 15) is 4.39 Å². The number of ether oxygens (including phenoxy) is 1. The van der Waals surface area contributed by atoms with Gasteiger partial charge in [0.15, 0.2) is 0 Å². The maximum atomic E-state index is 12.6. The van der Waals surface area contributed by atoms with E-state index in [2.05, 4.69) is 5.32 Å². The summed E-state index contributed by atoms with van der Waals surface area (Å²) in [7, 11) is 0. The molecule has 58 valence electrons. The fourth-order valence-electron chi connectivity index (χ4n) is 1.14. The molecular formula is C8H8FNO. The molecule has 0 unspecified atom stereocenters. The Morgan fingerprint density at radius 1 is 1.45 bits per heavy atom. The monoisotopic (exact) mass is 153 g/mol. The molecule has 0 aromatic heterocycles. The van der Waals surface area contributed by atoms with E-state index in [-0.39, 0.29) is 5.82 Å². The van der Waals surface area contributed by atoms with Crippen LogP contribution in [0.2, 0.25) is 0 Å². The number of fused-ring (bicyclic) bond motifs is 1. The van der Waals surface area contributed by atoms with Crippen LogP contribution in [0.4, 0.5) is 10.1 Å². The normalized spacial score (nSPS) is 15.4. The lowest BCUT2D eigenvalue weighted by Crippen LogP contribution is -2.14. The standard InChI is InChI=1S/C8H8FNO/c9-7-1-2-8-6(3-7)4-11-5-10-8/h1-3,10H,4-5H2. The van der Waals surface area contributed by atoms with Gasteiger partial charge in [0.25, 0.3) is 0 Å². The first-order valence-electron chi connectivity index (χ1n) is 3.46. The number of halogens is 1. The maximum Gasteiger partial charge on any atom is 0.123 e. The maximum absolute atomic E-state index is 12.6. The van der Waals surface area contributed by atoms with E-state index in [1.54, 1.807) is 6.07 Å². The number of nitrogens with one attached hydrogen (secondary N) is 1. The summed E-state index contributed by atoms with van der Waals surface area (Å²) in [4.78, 5) is 0. The third kappa shape index (κ3) is 1.19. The lowest BCUT2D eigenvalue weighted by atomic mass is 10.2. The molecule has 1 aromatic carbocycles. The Balaban J connectivity index is 2.43. The van der Waals surface area contributed by atoms with Crippen LogP contribution in [-0.2, 0) is 11.3 Å². The second-order valence-electron chi connectivity index (χ2n) is 2.47. The lowest BCUT2D eigenvalue weighted by molar-refractivity contribution is 0.130. The Morgan fingerprint density at radius 2 is 2.36 bits per heavy atom. The number of hydrogen-bond donors (Lipinski definition) is 1. The van der Waals surface area contributed by atoms with Gasteiger partial charge < -0.3 is 10.1 Å². The molecule has 3 heteroatoms. The number of hydrogen-bond acceptors (Lipinski definition) is 2. The minimum absolute atomic E-state index is 0.212. The third-order valence-corrected chi connectivity index (χ3v) is 1.69. The largest absolute Gasteiger partial charge is 0.362 e. The van der Waals surface area contributed by atoms with Crippen LogP contribution in [0.1, 0.15) is 5.56 Å². The highest BCUT2D eigenvalue weighted by Gasteiger charge is 2.07. The summed E-state index contributed by atoms with van der Waals surface area (Å²) in [5.41, 5.74) is 1.86. The predicted octanol–water partition coefficient (Wildman–Crippen LogP) is 1.73. The van der Waals surface area contributed by atoms with Crippen molar-refractivity contribution in [3.05, 3.63) is 29.6 Å².